The van der Waals surface area contributed by atoms with Crippen LogP contribution in [0.25, 0.3) is 0 Å². The number of nitrogens with one attached hydrogen (secondary N) is 1. The van der Waals surface area contributed by atoms with Gasteiger partial charge >= 0.3 is 12.1 Å². The number of carboxylic acids is 1. The highest BCUT2D eigenvalue weighted by Crippen LogP contribution is 2.40. The zero-order chi connectivity index (χ0) is 22.3. The zero-order valence-corrected chi connectivity index (χ0v) is 19.7. The number of benzene rings is 2. The lowest BCUT2D eigenvalue weighted by Gasteiger charge is -2.26. The first-order valence-electron chi connectivity index (χ1n) is 9.29. The second kappa shape index (κ2) is 11.2. The molecule has 0 saturated carbocycles. The van der Waals surface area contributed by atoms with Gasteiger partial charge in [-0.3, -0.25) is 5.32 Å². The summed E-state index contributed by atoms with van der Waals surface area (Å²) >= 11 is 6.71. The van der Waals surface area contributed by atoms with Crippen molar-refractivity contribution in [3.05, 3.63) is 68.6 Å². The molecule has 2 atom stereocenters. The minimum absolute atomic E-state index is 0.0146. The Morgan fingerprint density at radius 3 is 2.50 bits per heavy atom. The number of hydrogen-bond donors (Lipinski definition) is 3. The van der Waals surface area contributed by atoms with E-state index in [0.29, 0.717) is 33.0 Å². The summed E-state index contributed by atoms with van der Waals surface area (Å²) in [4.78, 5) is 23.2. The summed E-state index contributed by atoms with van der Waals surface area (Å²) in [5.41, 5.74) is 2.12. The van der Waals surface area contributed by atoms with E-state index in [1.807, 2.05) is 26.0 Å². The number of carbonyl (C=O) groups excluding carboxylic acids is 1. The number of aromatic hydroxyl groups is 1. The van der Waals surface area contributed by atoms with Gasteiger partial charge in [0.15, 0.2) is 0 Å². The van der Waals surface area contributed by atoms with Gasteiger partial charge in [0.2, 0.25) is 0 Å². The van der Waals surface area contributed by atoms with Crippen molar-refractivity contribution in [3.8, 4) is 5.75 Å². The van der Waals surface area contributed by atoms with E-state index in [9.17, 15) is 14.7 Å². The number of ether oxygens (including phenoxy) is 1. The fraction of sp³-hybridized carbons (Fsp3) is 0.273. The molecule has 0 aromatic heterocycles. The van der Waals surface area contributed by atoms with Gasteiger partial charge in [-0.15, -0.1) is 0 Å². The van der Waals surface area contributed by atoms with E-state index in [2.05, 4.69) is 37.2 Å². The molecule has 2 rings (SSSR count). The SMILES string of the molecule is Cc1ccc(NC(=O)O[C@@H](c2cc(Br)cc(Br)c2O)[C@H](C)CC/C=C/C(=O)O)cc1. The molecule has 0 unspecified atom stereocenters. The number of hydrogen-bond acceptors (Lipinski definition) is 4. The van der Waals surface area contributed by atoms with E-state index < -0.39 is 18.2 Å². The Morgan fingerprint density at radius 1 is 1.20 bits per heavy atom. The molecule has 2 aromatic carbocycles. The predicted octanol–water partition coefficient (Wildman–Crippen LogP) is 6.57. The molecule has 160 valence electrons. The highest BCUT2D eigenvalue weighted by atomic mass is 79.9. The van der Waals surface area contributed by atoms with Gasteiger partial charge in [0.05, 0.1) is 4.47 Å². The molecule has 0 spiro atoms. The number of phenols is 1. The number of anilines is 1. The molecular formula is C22H23Br2NO5. The van der Waals surface area contributed by atoms with Crippen molar-refractivity contribution in [1.29, 1.82) is 0 Å². The van der Waals surface area contributed by atoms with Gasteiger partial charge in [-0.1, -0.05) is 46.6 Å². The standard InChI is InChI=1S/C22H23Br2NO5/c1-13-7-9-16(10-8-13)25-22(29)30-21(14(2)5-3-4-6-19(26)27)17-11-15(23)12-18(24)20(17)28/h4,6-12,14,21,28H,3,5H2,1-2H3,(H,25,29)(H,26,27)/b6-4+/t14-,21-/m1/s1. The lowest BCUT2D eigenvalue weighted by molar-refractivity contribution is -0.131. The normalized spacial score (nSPS) is 13.1. The minimum Gasteiger partial charge on any atom is -0.506 e. The van der Waals surface area contributed by atoms with Crippen LogP contribution in [0.4, 0.5) is 10.5 Å². The van der Waals surface area contributed by atoms with Crippen molar-refractivity contribution < 1.29 is 24.5 Å². The van der Waals surface area contributed by atoms with E-state index in [1.165, 1.54) is 0 Å². The van der Waals surface area contributed by atoms with Crippen LogP contribution in [-0.2, 0) is 9.53 Å². The number of carbonyl (C=O) groups is 2. The maximum absolute atomic E-state index is 12.6. The van der Waals surface area contributed by atoms with Crippen LogP contribution in [0, 0.1) is 12.8 Å². The number of rotatable bonds is 8. The third-order valence-electron chi connectivity index (χ3n) is 4.46. The fourth-order valence-corrected chi connectivity index (χ4v) is 4.14. The summed E-state index contributed by atoms with van der Waals surface area (Å²) in [6, 6.07) is 10.7. The molecule has 0 saturated heterocycles. The zero-order valence-electron chi connectivity index (χ0n) is 16.6. The van der Waals surface area contributed by atoms with Crippen LogP contribution in [0.3, 0.4) is 0 Å². The smallest absolute Gasteiger partial charge is 0.412 e. The number of halogens is 2. The molecule has 0 aliphatic rings. The highest BCUT2D eigenvalue weighted by Gasteiger charge is 2.27. The first-order valence-corrected chi connectivity index (χ1v) is 10.9. The van der Waals surface area contributed by atoms with Gasteiger partial charge in [-0.2, -0.15) is 0 Å². The van der Waals surface area contributed by atoms with E-state index in [1.54, 1.807) is 30.3 Å². The first kappa shape index (κ1) is 24.0. The molecule has 0 aliphatic heterocycles. The lowest BCUT2D eigenvalue weighted by atomic mass is 9.92. The average Bonchev–Trinajstić information content (AvgIpc) is 2.68. The average molecular weight is 541 g/mol. The van der Waals surface area contributed by atoms with Crippen LogP contribution in [0.5, 0.6) is 5.75 Å². The van der Waals surface area contributed by atoms with E-state index >= 15 is 0 Å². The molecule has 3 N–H and O–H groups in total. The molecule has 2 aromatic rings. The Bertz CT molecular complexity index is 928. The van der Waals surface area contributed by atoms with Crippen LogP contribution in [0.2, 0.25) is 0 Å². The van der Waals surface area contributed by atoms with E-state index in [4.69, 9.17) is 9.84 Å². The molecule has 30 heavy (non-hydrogen) atoms. The Balaban J connectivity index is 2.23. The number of allylic oxidation sites excluding steroid dienone is 1. The van der Waals surface area contributed by atoms with Crippen molar-refractivity contribution in [2.24, 2.45) is 5.92 Å². The van der Waals surface area contributed by atoms with Gasteiger partial charge < -0.3 is 14.9 Å². The van der Waals surface area contributed by atoms with Gasteiger partial charge in [0, 0.05) is 21.8 Å². The van der Waals surface area contributed by atoms with Crippen molar-refractivity contribution >= 4 is 49.6 Å². The first-order chi connectivity index (χ1) is 14.2. The van der Waals surface area contributed by atoms with Crippen LogP contribution < -0.4 is 5.32 Å². The number of carboxylic acid groups (broad SMARTS) is 1. The maximum atomic E-state index is 12.6. The Kier molecular flexibility index (Phi) is 8.92. The molecule has 0 heterocycles. The predicted molar refractivity (Wildman–Crippen MR) is 123 cm³/mol. The number of aryl methyl sites for hydroxylation is 1. The summed E-state index contributed by atoms with van der Waals surface area (Å²) in [5.74, 6) is -1.22. The largest absolute Gasteiger partial charge is 0.506 e. The molecule has 8 heteroatoms. The van der Waals surface area contributed by atoms with Gasteiger partial charge in [0.25, 0.3) is 0 Å². The van der Waals surface area contributed by atoms with Gasteiger partial charge in [-0.05, 0) is 65.9 Å². The molecular weight excluding hydrogens is 518 g/mol. The summed E-state index contributed by atoms with van der Waals surface area (Å²) in [6.45, 7) is 3.83. The highest BCUT2D eigenvalue weighted by molar-refractivity contribution is 9.11. The summed E-state index contributed by atoms with van der Waals surface area (Å²) < 4.78 is 6.89. The van der Waals surface area contributed by atoms with Crippen LogP contribution in [0.15, 0.2) is 57.5 Å². The summed E-state index contributed by atoms with van der Waals surface area (Å²) in [5, 5.41) is 22.0. The molecule has 1 amide bonds. The second-order valence-electron chi connectivity index (χ2n) is 6.94. The summed E-state index contributed by atoms with van der Waals surface area (Å²) in [7, 11) is 0. The van der Waals surface area contributed by atoms with Crippen molar-refractivity contribution in [2.75, 3.05) is 5.32 Å². The molecule has 0 aliphatic carbocycles. The molecule has 0 radical (unpaired) electrons. The minimum atomic E-state index is -1.01. The van der Waals surface area contributed by atoms with Crippen molar-refractivity contribution in [2.45, 2.75) is 32.8 Å². The lowest BCUT2D eigenvalue weighted by Crippen LogP contribution is -2.22. The second-order valence-corrected chi connectivity index (χ2v) is 8.71. The number of phenolic OH excluding ortho intramolecular Hbond substituents is 1. The van der Waals surface area contributed by atoms with Crippen LogP contribution in [-0.4, -0.2) is 22.3 Å². The maximum Gasteiger partial charge on any atom is 0.412 e. The Labute approximate surface area is 192 Å². The number of amides is 1. The number of aliphatic carboxylic acids is 1. The van der Waals surface area contributed by atoms with E-state index in [-0.39, 0.29) is 11.7 Å². The Hall–Kier alpha value is -2.32. The van der Waals surface area contributed by atoms with Gasteiger partial charge in [0.1, 0.15) is 11.9 Å². The monoisotopic (exact) mass is 539 g/mol. The topological polar surface area (TPSA) is 95.9 Å². The Morgan fingerprint density at radius 2 is 1.87 bits per heavy atom. The quantitative estimate of drug-likeness (QED) is 0.329. The van der Waals surface area contributed by atoms with Gasteiger partial charge in [-0.25, -0.2) is 9.59 Å². The van der Waals surface area contributed by atoms with E-state index in [0.717, 1.165) is 11.6 Å². The molecule has 6 nitrogen and oxygen atoms in total. The third kappa shape index (κ3) is 7.18. The van der Waals surface area contributed by atoms with Crippen LogP contribution in [0.1, 0.15) is 37.0 Å². The van der Waals surface area contributed by atoms with Crippen molar-refractivity contribution in [3.63, 3.8) is 0 Å². The van der Waals surface area contributed by atoms with Crippen LogP contribution >= 0.6 is 31.9 Å². The summed E-state index contributed by atoms with van der Waals surface area (Å²) in [6.07, 6.45) is 2.28. The molecule has 0 fully saturated rings. The van der Waals surface area contributed by atoms with Crippen molar-refractivity contribution in [1.82, 2.24) is 0 Å². The fourth-order valence-electron chi connectivity index (χ4n) is 2.88. The molecule has 0 bridgehead atoms. The third-order valence-corrected chi connectivity index (χ3v) is 5.52.